The molecule has 1 rings (SSSR count). The smallest absolute Gasteiger partial charge is 0.423 e. The van der Waals surface area contributed by atoms with Crippen molar-refractivity contribution in [3.8, 4) is 5.75 Å². The van der Waals surface area contributed by atoms with Crippen molar-refractivity contribution in [3.63, 3.8) is 0 Å². The third kappa shape index (κ3) is 2.52. The van der Waals surface area contributed by atoms with Crippen LogP contribution in [0.4, 0.5) is 18.9 Å². The van der Waals surface area contributed by atoms with Crippen molar-refractivity contribution in [2.45, 2.75) is 13.1 Å². The zero-order chi connectivity index (χ0) is 13.4. The number of nitrogens with zero attached hydrogens (tertiary/aromatic N) is 1. The lowest BCUT2D eigenvalue weighted by atomic mass is 10.0. The van der Waals surface area contributed by atoms with Crippen LogP contribution >= 0.6 is 0 Å². The molecule has 0 radical (unpaired) electrons. The maximum absolute atomic E-state index is 12.6. The Hall–Kier alpha value is -2.12. The van der Waals surface area contributed by atoms with Crippen LogP contribution < -0.4 is 0 Å². The van der Waals surface area contributed by atoms with E-state index in [1.807, 2.05) is 0 Å². The highest BCUT2D eigenvalue weighted by atomic mass is 19.4. The zero-order valence-electron chi connectivity index (χ0n) is 8.41. The molecule has 5 nitrogen and oxygen atoms in total. The molecule has 0 aromatic heterocycles. The van der Waals surface area contributed by atoms with Gasteiger partial charge in [-0.15, -0.1) is 0 Å². The van der Waals surface area contributed by atoms with Crippen molar-refractivity contribution >= 4 is 11.5 Å². The van der Waals surface area contributed by atoms with E-state index in [1.165, 1.54) is 0 Å². The summed E-state index contributed by atoms with van der Waals surface area (Å²) in [5.41, 5.74) is -3.92. The Balaban J connectivity index is 3.72. The van der Waals surface area contributed by atoms with Gasteiger partial charge in [0.15, 0.2) is 5.78 Å². The SMILES string of the molecule is CC(=O)c1cc(O)cc([N+](=O)[O-])c1C(F)(F)F. The Labute approximate surface area is 92.6 Å². The third-order valence-electron chi connectivity index (χ3n) is 1.96. The van der Waals surface area contributed by atoms with Gasteiger partial charge in [-0.1, -0.05) is 0 Å². The Morgan fingerprint density at radius 1 is 1.41 bits per heavy atom. The molecule has 0 aliphatic heterocycles. The number of carbonyl (C=O) groups excluding carboxylic acids is 1. The number of hydrogen-bond acceptors (Lipinski definition) is 4. The number of phenols is 1. The van der Waals surface area contributed by atoms with Crippen molar-refractivity contribution in [2.24, 2.45) is 0 Å². The summed E-state index contributed by atoms with van der Waals surface area (Å²) < 4.78 is 37.9. The van der Waals surface area contributed by atoms with E-state index >= 15 is 0 Å². The fourth-order valence-electron chi connectivity index (χ4n) is 1.33. The average molecular weight is 249 g/mol. The number of rotatable bonds is 2. The summed E-state index contributed by atoms with van der Waals surface area (Å²) in [6.07, 6.45) is -5.04. The first-order valence-corrected chi connectivity index (χ1v) is 4.24. The zero-order valence-corrected chi connectivity index (χ0v) is 8.41. The first-order chi connectivity index (χ1) is 7.64. The Morgan fingerprint density at radius 3 is 2.29 bits per heavy atom. The molecule has 8 heteroatoms. The number of alkyl halides is 3. The molecule has 0 heterocycles. The van der Waals surface area contributed by atoms with E-state index in [4.69, 9.17) is 5.11 Å². The van der Waals surface area contributed by atoms with Gasteiger partial charge in [0.25, 0.3) is 5.69 Å². The second kappa shape index (κ2) is 4.04. The van der Waals surface area contributed by atoms with Crippen LogP contribution in [0.5, 0.6) is 5.75 Å². The van der Waals surface area contributed by atoms with Gasteiger partial charge in [0.1, 0.15) is 11.3 Å². The molecule has 1 aromatic carbocycles. The van der Waals surface area contributed by atoms with Gasteiger partial charge in [-0.05, 0) is 13.0 Å². The number of aromatic hydroxyl groups is 1. The first kappa shape index (κ1) is 12.9. The van der Waals surface area contributed by atoms with Crippen LogP contribution in [0.15, 0.2) is 12.1 Å². The minimum Gasteiger partial charge on any atom is -0.508 e. The lowest BCUT2D eigenvalue weighted by molar-refractivity contribution is -0.388. The Kier molecular flexibility index (Phi) is 3.08. The number of phenolic OH excluding ortho intramolecular Hbond substituents is 1. The molecule has 0 bridgehead atoms. The van der Waals surface area contributed by atoms with Gasteiger partial charge in [-0.2, -0.15) is 13.2 Å². The van der Waals surface area contributed by atoms with Crippen LogP contribution in [0.2, 0.25) is 0 Å². The lowest BCUT2D eigenvalue weighted by Gasteiger charge is -2.11. The molecule has 0 amide bonds. The van der Waals surface area contributed by atoms with Gasteiger partial charge < -0.3 is 5.11 Å². The summed E-state index contributed by atoms with van der Waals surface area (Å²) in [6.45, 7) is 0.827. The fraction of sp³-hybridized carbons (Fsp3) is 0.222. The number of hydrogen-bond donors (Lipinski definition) is 1. The average Bonchev–Trinajstić information content (AvgIpc) is 2.14. The van der Waals surface area contributed by atoms with Crippen LogP contribution in [0.3, 0.4) is 0 Å². The summed E-state index contributed by atoms with van der Waals surface area (Å²) in [5.74, 6) is -1.79. The minimum absolute atomic E-state index is 0.356. The van der Waals surface area contributed by atoms with Crippen molar-refractivity contribution < 1.29 is 28.0 Å². The monoisotopic (exact) mass is 249 g/mol. The van der Waals surface area contributed by atoms with E-state index in [-0.39, 0.29) is 0 Å². The Morgan fingerprint density at radius 2 is 1.94 bits per heavy atom. The highest BCUT2D eigenvalue weighted by Crippen LogP contribution is 2.40. The summed E-state index contributed by atoms with van der Waals surface area (Å²) >= 11 is 0. The predicted octanol–water partition coefficient (Wildman–Crippen LogP) is 2.52. The number of nitro benzene ring substituents is 1. The summed E-state index contributed by atoms with van der Waals surface area (Å²) in [5, 5.41) is 19.5. The topological polar surface area (TPSA) is 80.4 Å². The maximum atomic E-state index is 12.6. The summed E-state index contributed by atoms with van der Waals surface area (Å²) in [7, 11) is 0. The molecule has 0 spiro atoms. The molecule has 0 unspecified atom stereocenters. The number of Topliss-reactive ketones (excluding diaryl/α,β-unsaturated/α-hetero) is 1. The van der Waals surface area contributed by atoms with E-state index < -0.39 is 39.4 Å². The van der Waals surface area contributed by atoms with Crippen LogP contribution in [-0.4, -0.2) is 15.8 Å². The molecular weight excluding hydrogens is 243 g/mol. The van der Waals surface area contributed by atoms with Crippen LogP contribution in [0, 0.1) is 10.1 Å². The molecule has 0 atom stereocenters. The molecule has 1 aromatic rings. The van der Waals surface area contributed by atoms with Gasteiger partial charge >= 0.3 is 6.18 Å². The van der Waals surface area contributed by atoms with Crippen molar-refractivity contribution in [2.75, 3.05) is 0 Å². The standard InChI is InChI=1S/C9H6F3NO4/c1-4(14)6-2-5(15)3-7(13(16)17)8(6)9(10,11)12/h2-3,15H,1H3. The highest BCUT2D eigenvalue weighted by Gasteiger charge is 2.42. The number of nitro groups is 1. The molecule has 0 saturated carbocycles. The van der Waals surface area contributed by atoms with Crippen LogP contribution in [-0.2, 0) is 6.18 Å². The second-order valence-electron chi connectivity index (χ2n) is 3.20. The van der Waals surface area contributed by atoms with E-state index in [0.717, 1.165) is 6.92 Å². The van der Waals surface area contributed by atoms with Crippen LogP contribution in [0.25, 0.3) is 0 Å². The van der Waals surface area contributed by atoms with Crippen molar-refractivity contribution in [1.29, 1.82) is 0 Å². The summed E-state index contributed by atoms with van der Waals surface area (Å²) in [6, 6.07) is 0.910. The highest BCUT2D eigenvalue weighted by molar-refractivity contribution is 5.97. The minimum atomic E-state index is -5.04. The molecule has 1 N–H and O–H groups in total. The molecular formula is C9H6F3NO4. The van der Waals surface area contributed by atoms with E-state index in [2.05, 4.69) is 0 Å². The number of halogens is 3. The van der Waals surface area contributed by atoms with Crippen molar-refractivity contribution in [1.82, 2.24) is 0 Å². The summed E-state index contributed by atoms with van der Waals surface area (Å²) in [4.78, 5) is 20.2. The molecule has 17 heavy (non-hydrogen) atoms. The van der Waals surface area contributed by atoms with E-state index in [0.29, 0.717) is 12.1 Å². The molecule has 92 valence electrons. The van der Waals surface area contributed by atoms with Gasteiger partial charge in [0.05, 0.1) is 11.0 Å². The fourth-order valence-corrected chi connectivity index (χ4v) is 1.33. The largest absolute Gasteiger partial charge is 0.508 e. The van der Waals surface area contributed by atoms with Gasteiger partial charge in [0.2, 0.25) is 0 Å². The molecule has 0 saturated heterocycles. The molecule has 0 aliphatic rings. The Bertz CT molecular complexity index is 460. The number of benzene rings is 1. The number of ketones is 1. The third-order valence-corrected chi connectivity index (χ3v) is 1.96. The normalized spacial score (nSPS) is 11.3. The van der Waals surface area contributed by atoms with Crippen molar-refractivity contribution in [3.05, 3.63) is 33.4 Å². The van der Waals surface area contributed by atoms with Gasteiger partial charge in [0, 0.05) is 5.56 Å². The lowest BCUT2D eigenvalue weighted by Crippen LogP contribution is -2.14. The molecule has 0 fully saturated rings. The van der Waals surface area contributed by atoms with Gasteiger partial charge in [-0.25, -0.2) is 0 Å². The number of carbonyl (C=O) groups is 1. The first-order valence-electron chi connectivity index (χ1n) is 4.24. The molecule has 0 aliphatic carbocycles. The van der Waals surface area contributed by atoms with E-state index in [1.54, 1.807) is 0 Å². The predicted molar refractivity (Wildman–Crippen MR) is 49.8 cm³/mol. The second-order valence-corrected chi connectivity index (χ2v) is 3.20. The maximum Gasteiger partial charge on any atom is 0.423 e. The van der Waals surface area contributed by atoms with E-state index in [9.17, 15) is 28.1 Å². The van der Waals surface area contributed by atoms with Crippen LogP contribution in [0.1, 0.15) is 22.8 Å². The van der Waals surface area contributed by atoms with Gasteiger partial charge in [-0.3, -0.25) is 14.9 Å². The quantitative estimate of drug-likeness (QED) is 0.496.